The van der Waals surface area contributed by atoms with Gasteiger partial charge in [-0.2, -0.15) is 0 Å². The molecular weight excluding hydrogens is 110 g/mol. The van der Waals surface area contributed by atoms with Crippen molar-refractivity contribution in [2.24, 2.45) is 0 Å². The van der Waals surface area contributed by atoms with E-state index in [1.54, 1.807) is 5.92 Å². The quantitative estimate of drug-likeness (QED) is 0.413. The minimum Gasteiger partial charge on any atom is -0.465 e. The average molecular weight is 113 g/mol. The molecule has 8 heavy (non-hydrogen) atoms. The van der Waals surface area contributed by atoms with Crippen molar-refractivity contribution in [1.29, 1.82) is 0 Å². The van der Waals surface area contributed by atoms with Crippen molar-refractivity contribution in [2.75, 3.05) is 0 Å². The van der Waals surface area contributed by atoms with Gasteiger partial charge in [-0.25, -0.2) is 4.79 Å². The maximum Gasteiger partial charge on any atom is 0.412 e. The van der Waals surface area contributed by atoms with Gasteiger partial charge >= 0.3 is 12.0 Å². The van der Waals surface area contributed by atoms with Gasteiger partial charge in [0.1, 0.15) is 0 Å². The summed E-state index contributed by atoms with van der Waals surface area (Å²) in [5.74, 6) is 0.619. The van der Waals surface area contributed by atoms with Gasteiger partial charge in [-0.05, 0) is 5.92 Å². The second-order valence-electron chi connectivity index (χ2n) is 0.904. The normalized spacial score (nSPS) is 6.88. The smallest absolute Gasteiger partial charge is 0.412 e. The summed E-state index contributed by atoms with van der Waals surface area (Å²) in [5.41, 5.74) is 0. The Balaban J connectivity index is 3.61. The number of hydrogen-bond acceptors (Lipinski definition) is 2. The summed E-state index contributed by atoms with van der Waals surface area (Å²) in [4.78, 5) is 19.4. The SMILES string of the molecule is C#CC(=O)NC(=O)O. The van der Waals surface area contributed by atoms with Crippen molar-refractivity contribution in [3.05, 3.63) is 0 Å². The van der Waals surface area contributed by atoms with Gasteiger partial charge in [-0.3, -0.25) is 10.1 Å². The standard InChI is InChI=1S/C4H3NO3/c1-2-3(6)5-4(7)8/h1H,(H,5,6)(H,7,8). The second-order valence-corrected chi connectivity index (χ2v) is 0.904. The van der Waals surface area contributed by atoms with Crippen molar-refractivity contribution in [2.45, 2.75) is 0 Å². The summed E-state index contributed by atoms with van der Waals surface area (Å²) in [6, 6.07) is 0. The van der Waals surface area contributed by atoms with Crippen molar-refractivity contribution in [3.63, 3.8) is 0 Å². The Labute approximate surface area is 45.5 Å². The van der Waals surface area contributed by atoms with Gasteiger partial charge in [0.2, 0.25) is 0 Å². The summed E-state index contributed by atoms with van der Waals surface area (Å²) in [6.45, 7) is 0. The highest BCUT2D eigenvalue weighted by molar-refractivity contribution is 6.01. The predicted molar refractivity (Wildman–Crippen MR) is 25.0 cm³/mol. The first-order valence-electron chi connectivity index (χ1n) is 1.67. The molecule has 0 fully saturated rings. The van der Waals surface area contributed by atoms with Gasteiger partial charge in [0.15, 0.2) is 0 Å². The lowest BCUT2D eigenvalue weighted by atomic mass is 10.6. The van der Waals surface area contributed by atoms with E-state index in [1.165, 1.54) is 5.32 Å². The first kappa shape index (κ1) is 6.50. The van der Waals surface area contributed by atoms with Crippen LogP contribution in [-0.2, 0) is 4.79 Å². The molecule has 0 aromatic carbocycles. The highest BCUT2D eigenvalue weighted by atomic mass is 16.4. The van der Waals surface area contributed by atoms with Crippen LogP contribution >= 0.6 is 0 Å². The largest absolute Gasteiger partial charge is 0.465 e. The van der Waals surface area contributed by atoms with Crippen LogP contribution in [0.2, 0.25) is 0 Å². The molecule has 2 N–H and O–H groups in total. The molecule has 0 rings (SSSR count). The molecule has 4 nitrogen and oxygen atoms in total. The summed E-state index contributed by atoms with van der Waals surface area (Å²) in [5, 5.41) is 9.22. The van der Waals surface area contributed by atoms with Gasteiger partial charge < -0.3 is 5.11 Å². The lowest BCUT2D eigenvalue weighted by Crippen LogP contribution is -2.26. The van der Waals surface area contributed by atoms with Crippen LogP contribution in [0.25, 0.3) is 0 Å². The van der Waals surface area contributed by atoms with E-state index in [1.807, 2.05) is 0 Å². The number of terminal acetylenes is 1. The third-order valence-electron chi connectivity index (χ3n) is 0.352. The number of imide groups is 1. The number of carboxylic acid groups (broad SMARTS) is 1. The number of carbonyl (C=O) groups is 2. The van der Waals surface area contributed by atoms with Crippen LogP contribution in [0.3, 0.4) is 0 Å². The van der Waals surface area contributed by atoms with Crippen LogP contribution < -0.4 is 5.32 Å². The molecule has 0 aliphatic carbocycles. The molecule has 42 valence electrons. The van der Waals surface area contributed by atoms with Crippen LogP contribution in [0, 0.1) is 12.3 Å². The van der Waals surface area contributed by atoms with Gasteiger partial charge in [-0.15, -0.1) is 6.42 Å². The fraction of sp³-hybridized carbons (Fsp3) is 0. The minimum atomic E-state index is -1.44. The van der Waals surface area contributed by atoms with Gasteiger partial charge in [0.25, 0.3) is 0 Å². The van der Waals surface area contributed by atoms with Crippen molar-refractivity contribution < 1.29 is 14.7 Å². The van der Waals surface area contributed by atoms with Gasteiger partial charge in [0.05, 0.1) is 0 Å². The minimum absolute atomic E-state index is 0.947. The Bertz CT molecular complexity index is 155. The molecule has 2 amide bonds. The Morgan fingerprint density at radius 2 is 2.12 bits per heavy atom. The molecule has 0 saturated carbocycles. The summed E-state index contributed by atoms with van der Waals surface area (Å²) < 4.78 is 0. The van der Waals surface area contributed by atoms with Crippen LogP contribution in [0.4, 0.5) is 4.79 Å². The van der Waals surface area contributed by atoms with Crippen LogP contribution in [0.15, 0.2) is 0 Å². The first-order valence-corrected chi connectivity index (χ1v) is 1.67. The highest BCUT2D eigenvalue weighted by Gasteiger charge is 1.97. The summed E-state index contributed by atoms with van der Waals surface area (Å²) in [6.07, 6.45) is 3.06. The molecule has 0 bridgehead atoms. The predicted octanol–water partition coefficient (Wildman–Crippen LogP) is -0.586. The maximum atomic E-state index is 9.89. The van der Waals surface area contributed by atoms with E-state index in [4.69, 9.17) is 5.11 Å². The molecule has 0 aliphatic heterocycles. The fourth-order valence-corrected chi connectivity index (χ4v) is 0.133. The van der Waals surface area contributed by atoms with Crippen LogP contribution in [0.1, 0.15) is 0 Å². The zero-order chi connectivity index (χ0) is 6.57. The van der Waals surface area contributed by atoms with Crippen molar-refractivity contribution in [3.8, 4) is 12.3 Å². The fourth-order valence-electron chi connectivity index (χ4n) is 0.133. The maximum absolute atomic E-state index is 9.89. The molecule has 0 aromatic heterocycles. The molecule has 0 atom stereocenters. The number of amides is 2. The third-order valence-corrected chi connectivity index (χ3v) is 0.352. The first-order chi connectivity index (χ1) is 3.66. The zero-order valence-electron chi connectivity index (χ0n) is 3.84. The zero-order valence-corrected chi connectivity index (χ0v) is 3.84. The van der Waals surface area contributed by atoms with Crippen molar-refractivity contribution >= 4 is 12.0 Å². The lowest BCUT2D eigenvalue weighted by molar-refractivity contribution is -0.114. The topological polar surface area (TPSA) is 66.4 Å². The molecular formula is C4H3NO3. The van der Waals surface area contributed by atoms with Gasteiger partial charge in [-0.1, -0.05) is 0 Å². The second kappa shape index (κ2) is 2.64. The monoisotopic (exact) mass is 113 g/mol. The number of carbonyl (C=O) groups excluding carboxylic acids is 1. The molecule has 0 aromatic rings. The van der Waals surface area contributed by atoms with Gasteiger partial charge in [0, 0.05) is 0 Å². The van der Waals surface area contributed by atoms with E-state index in [2.05, 4.69) is 6.42 Å². The van der Waals surface area contributed by atoms with Crippen LogP contribution in [0.5, 0.6) is 0 Å². The molecule has 4 heteroatoms. The Morgan fingerprint density at radius 1 is 1.62 bits per heavy atom. The highest BCUT2D eigenvalue weighted by Crippen LogP contribution is 1.59. The van der Waals surface area contributed by atoms with E-state index in [0.29, 0.717) is 0 Å². The molecule has 0 unspecified atom stereocenters. The van der Waals surface area contributed by atoms with E-state index >= 15 is 0 Å². The Kier molecular flexibility index (Phi) is 2.14. The van der Waals surface area contributed by atoms with E-state index in [0.717, 1.165) is 0 Å². The lowest BCUT2D eigenvalue weighted by Gasteiger charge is -1.86. The molecule has 0 radical (unpaired) electrons. The van der Waals surface area contributed by atoms with E-state index < -0.39 is 12.0 Å². The molecule has 0 saturated heterocycles. The molecule has 0 aliphatic rings. The summed E-state index contributed by atoms with van der Waals surface area (Å²) in [7, 11) is 0. The van der Waals surface area contributed by atoms with E-state index in [-0.39, 0.29) is 0 Å². The Hall–Kier alpha value is -1.50. The number of nitrogens with one attached hydrogen (secondary N) is 1. The third kappa shape index (κ3) is 2.72. The number of rotatable bonds is 0. The number of hydrogen-bond donors (Lipinski definition) is 2. The molecule has 0 heterocycles. The van der Waals surface area contributed by atoms with E-state index in [9.17, 15) is 9.59 Å². The molecule has 0 spiro atoms. The van der Waals surface area contributed by atoms with Crippen molar-refractivity contribution in [1.82, 2.24) is 5.32 Å². The summed E-state index contributed by atoms with van der Waals surface area (Å²) >= 11 is 0. The van der Waals surface area contributed by atoms with Crippen LogP contribution in [-0.4, -0.2) is 17.1 Å². The Morgan fingerprint density at radius 3 is 2.25 bits per heavy atom. The average Bonchev–Trinajstić information content (AvgIpc) is 1.65.